The first-order valence-corrected chi connectivity index (χ1v) is 7.51. The monoisotopic (exact) mass is 302 g/mol. The van der Waals surface area contributed by atoms with E-state index in [2.05, 4.69) is 13.8 Å². The van der Waals surface area contributed by atoms with Crippen molar-refractivity contribution in [2.45, 2.75) is 26.2 Å². The second-order valence-electron chi connectivity index (χ2n) is 5.74. The van der Waals surface area contributed by atoms with Gasteiger partial charge in [-0.3, -0.25) is 0 Å². The Hall–Kier alpha value is -2.03. The Morgan fingerprint density at radius 1 is 0.909 bits per heavy atom. The predicted molar refractivity (Wildman–Crippen MR) is 87.2 cm³/mol. The fourth-order valence-electron chi connectivity index (χ4n) is 2.59. The van der Waals surface area contributed by atoms with E-state index >= 15 is 0 Å². The van der Waals surface area contributed by atoms with Crippen molar-refractivity contribution < 1.29 is 13.9 Å². The van der Waals surface area contributed by atoms with Crippen LogP contribution in [0.5, 0.6) is 11.5 Å². The molecule has 0 unspecified atom stereocenters. The smallest absolute Gasteiger partial charge is 0.123 e. The maximum Gasteiger partial charge on any atom is 0.123 e. The van der Waals surface area contributed by atoms with Crippen molar-refractivity contribution in [2.24, 2.45) is 5.92 Å². The molecule has 2 aromatic rings. The first-order chi connectivity index (χ1) is 10.5. The summed E-state index contributed by atoms with van der Waals surface area (Å²) in [5, 5.41) is 0. The van der Waals surface area contributed by atoms with Gasteiger partial charge < -0.3 is 9.47 Å². The van der Waals surface area contributed by atoms with E-state index in [1.54, 1.807) is 14.2 Å². The van der Waals surface area contributed by atoms with Crippen LogP contribution in [-0.4, -0.2) is 14.2 Å². The predicted octanol–water partition coefficient (Wildman–Crippen LogP) is 4.83. The lowest BCUT2D eigenvalue weighted by molar-refractivity contribution is 0.390. The third kappa shape index (κ3) is 4.00. The van der Waals surface area contributed by atoms with E-state index in [1.807, 2.05) is 30.3 Å². The Balaban J connectivity index is 2.15. The molecule has 2 atom stereocenters. The van der Waals surface area contributed by atoms with Crippen LogP contribution in [0.1, 0.15) is 30.9 Å². The summed E-state index contributed by atoms with van der Waals surface area (Å²) in [5.74, 6) is 2.17. The Morgan fingerprint density at radius 2 is 1.45 bits per heavy atom. The van der Waals surface area contributed by atoms with Crippen LogP contribution >= 0.6 is 0 Å². The van der Waals surface area contributed by atoms with Crippen molar-refractivity contribution in [1.82, 2.24) is 0 Å². The van der Waals surface area contributed by atoms with Gasteiger partial charge in [0.05, 0.1) is 14.2 Å². The standard InChI is InChI=1S/C19H23FO2/c1-13(9-15-5-7-17(20)8-6-15)14(2)16-10-18(21-3)12-19(11-16)22-4/h5-8,10-14H,9H2,1-4H3/t13-,14+/m1/s1. The third-order valence-electron chi connectivity index (χ3n) is 4.22. The van der Waals surface area contributed by atoms with Crippen LogP contribution < -0.4 is 9.47 Å². The van der Waals surface area contributed by atoms with Crippen LogP contribution in [0, 0.1) is 11.7 Å². The molecule has 0 bridgehead atoms. The summed E-state index contributed by atoms with van der Waals surface area (Å²) in [6.45, 7) is 4.41. The zero-order chi connectivity index (χ0) is 16.1. The summed E-state index contributed by atoms with van der Waals surface area (Å²) >= 11 is 0. The fraction of sp³-hybridized carbons (Fsp3) is 0.368. The average Bonchev–Trinajstić information content (AvgIpc) is 2.55. The van der Waals surface area contributed by atoms with E-state index in [-0.39, 0.29) is 5.82 Å². The molecule has 22 heavy (non-hydrogen) atoms. The maximum absolute atomic E-state index is 13.0. The molecular weight excluding hydrogens is 279 g/mol. The minimum Gasteiger partial charge on any atom is -0.497 e. The second-order valence-corrected chi connectivity index (χ2v) is 5.74. The minimum atomic E-state index is -0.193. The van der Waals surface area contributed by atoms with Gasteiger partial charge >= 0.3 is 0 Å². The van der Waals surface area contributed by atoms with Crippen LogP contribution in [0.4, 0.5) is 4.39 Å². The highest BCUT2D eigenvalue weighted by Gasteiger charge is 2.17. The van der Waals surface area contributed by atoms with E-state index in [0.29, 0.717) is 11.8 Å². The molecule has 0 aliphatic heterocycles. The van der Waals surface area contributed by atoms with Gasteiger partial charge in [-0.1, -0.05) is 26.0 Å². The lowest BCUT2D eigenvalue weighted by atomic mass is 9.84. The van der Waals surface area contributed by atoms with E-state index < -0.39 is 0 Å². The van der Waals surface area contributed by atoms with Gasteiger partial charge in [-0.2, -0.15) is 0 Å². The number of hydrogen-bond donors (Lipinski definition) is 0. The summed E-state index contributed by atoms with van der Waals surface area (Å²) in [6.07, 6.45) is 0.904. The van der Waals surface area contributed by atoms with Gasteiger partial charge in [0.15, 0.2) is 0 Å². The number of benzene rings is 2. The van der Waals surface area contributed by atoms with Crippen LogP contribution in [0.3, 0.4) is 0 Å². The summed E-state index contributed by atoms with van der Waals surface area (Å²) in [5.41, 5.74) is 2.33. The molecule has 0 radical (unpaired) electrons. The quantitative estimate of drug-likeness (QED) is 0.761. The topological polar surface area (TPSA) is 18.5 Å². The van der Waals surface area contributed by atoms with E-state index in [0.717, 1.165) is 23.5 Å². The molecule has 0 aliphatic rings. The Morgan fingerprint density at radius 3 is 1.95 bits per heavy atom. The molecule has 0 amide bonds. The van der Waals surface area contributed by atoms with Crippen LogP contribution in [0.25, 0.3) is 0 Å². The minimum absolute atomic E-state index is 0.193. The fourth-order valence-corrected chi connectivity index (χ4v) is 2.59. The molecule has 0 saturated carbocycles. The van der Waals surface area contributed by atoms with Gasteiger partial charge in [0.25, 0.3) is 0 Å². The highest BCUT2D eigenvalue weighted by atomic mass is 19.1. The molecule has 118 valence electrons. The van der Waals surface area contributed by atoms with Gasteiger partial charge in [0.1, 0.15) is 17.3 Å². The molecule has 2 aromatic carbocycles. The summed E-state index contributed by atoms with van der Waals surface area (Å²) in [7, 11) is 3.32. The zero-order valence-corrected chi connectivity index (χ0v) is 13.6. The van der Waals surface area contributed by atoms with Crippen molar-refractivity contribution >= 4 is 0 Å². The normalized spacial score (nSPS) is 13.5. The van der Waals surface area contributed by atoms with Gasteiger partial charge in [0, 0.05) is 6.07 Å². The lowest BCUT2D eigenvalue weighted by Gasteiger charge is -2.21. The number of hydrogen-bond acceptors (Lipinski definition) is 2. The highest BCUT2D eigenvalue weighted by molar-refractivity contribution is 5.40. The SMILES string of the molecule is COc1cc(OC)cc([C@@H](C)[C@H](C)Cc2ccc(F)cc2)c1. The van der Waals surface area contributed by atoms with E-state index in [1.165, 1.54) is 17.7 Å². The van der Waals surface area contributed by atoms with Crippen molar-refractivity contribution in [3.8, 4) is 11.5 Å². The van der Waals surface area contributed by atoms with Crippen molar-refractivity contribution in [2.75, 3.05) is 14.2 Å². The molecule has 0 fully saturated rings. The number of rotatable bonds is 6. The number of methoxy groups -OCH3 is 2. The molecule has 2 rings (SSSR count). The van der Waals surface area contributed by atoms with Gasteiger partial charge in [-0.25, -0.2) is 4.39 Å². The first-order valence-electron chi connectivity index (χ1n) is 7.51. The molecular formula is C19H23FO2. The molecule has 0 aromatic heterocycles. The maximum atomic E-state index is 13.0. The molecule has 0 N–H and O–H groups in total. The highest BCUT2D eigenvalue weighted by Crippen LogP contribution is 2.32. The van der Waals surface area contributed by atoms with Gasteiger partial charge in [-0.05, 0) is 53.6 Å². The van der Waals surface area contributed by atoms with E-state index in [4.69, 9.17) is 9.47 Å². The number of halogens is 1. The van der Waals surface area contributed by atoms with Gasteiger partial charge in [-0.15, -0.1) is 0 Å². The molecule has 0 spiro atoms. The molecule has 0 saturated heterocycles. The van der Waals surface area contributed by atoms with Crippen LogP contribution in [0.2, 0.25) is 0 Å². The second kappa shape index (κ2) is 7.30. The Kier molecular flexibility index (Phi) is 5.42. The summed E-state index contributed by atoms with van der Waals surface area (Å²) < 4.78 is 23.7. The van der Waals surface area contributed by atoms with Crippen molar-refractivity contribution in [3.05, 3.63) is 59.4 Å². The van der Waals surface area contributed by atoms with Gasteiger partial charge in [0.2, 0.25) is 0 Å². The van der Waals surface area contributed by atoms with Crippen molar-refractivity contribution in [1.29, 1.82) is 0 Å². The largest absolute Gasteiger partial charge is 0.497 e. The summed E-state index contributed by atoms with van der Waals surface area (Å²) in [4.78, 5) is 0. The number of ether oxygens (including phenoxy) is 2. The molecule has 0 aliphatic carbocycles. The first kappa shape index (κ1) is 16.3. The van der Waals surface area contributed by atoms with Crippen LogP contribution in [-0.2, 0) is 6.42 Å². The van der Waals surface area contributed by atoms with Crippen LogP contribution in [0.15, 0.2) is 42.5 Å². The molecule has 3 heteroatoms. The van der Waals surface area contributed by atoms with E-state index in [9.17, 15) is 4.39 Å². The Bertz CT molecular complexity index is 585. The lowest BCUT2D eigenvalue weighted by Crippen LogP contribution is -2.10. The van der Waals surface area contributed by atoms with Crippen molar-refractivity contribution in [3.63, 3.8) is 0 Å². The Labute approximate surface area is 131 Å². The zero-order valence-electron chi connectivity index (χ0n) is 13.6. The molecule has 0 heterocycles. The average molecular weight is 302 g/mol. The molecule has 2 nitrogen and oxygen atoms in total. The third-order valence-corrected chi connectivity index (χ3v) is 4.22. The summed E-state index contributed by atoms with van der Waals surface area (Å²) in [6, 6.07) is 12.7.